The van der Waals surface area contributed by atoms with Gasteiger partial charge in [0.1, 0.15) is 0 Å². The number of rotatable bonds is 4. The predicted octanol–water partition coefficient (Wildman–Crippen LogP) is 2.00. The third kappa shape index (κ3) is 4.04. The van der Waals surface area contributed by atoms with Gasteiger partial charge in [-0.2, -0.15) is 0 Å². The molecule has 0 spiro atoms. The van der Waals surface area contributed by atoms with Gasteiger partial charge >= 0.3 is 0 Å². The van der Waals surface area contributed by atoms with E-state index in [0.29, 0.717) is 18.1 Å². The SMILES string of the molecule is COCC(C)N(C)C1CCCCCCC1N. The van der Waals surface area contributed by atoms with Crippen LogP contribution in [0.5, 0.6) is 0 Å². The number of nitrogens with two attached hydrogens (primary N) is 1. The van der Waals surface area contributed by atoms with Crippen molar-refractivity contribution >= 4 is 0 Å². The van der Waals surface area contributed by atoms with E-state index in [-0.39, 0.29) is 0 Å². The fourth-order valence-corrected chi connectivity index (χ4v) is 2.68. The highest BCUT2D eigenvalue weighted by atomic mass is 16.5. The molecule has 96 valence electrons. The summed E-state index contributed by atoms with van der Waals surface area (Å²) in [6, 6.07) is 1.33. The molecule has 0 aromatic rings. The molecular weight excluding hydrogens is 200 g/mol. The fourth-order valence-electron chi connectivity index (χ4n) is 2.68. The minimum absolute atomic E-state index is 0.338. The van der Waals surface area contributed by atoms with Gasteiger partial charge in [-0.15, -0.1) is 0 Å². The van der Waals surface area contributed by atoms with Crippen molar-refractivity contribution in [3.63, 3.8) is 0 Å². The zero-order valence-corrected chi connectivity index (χ0v) is 11.1. The molecule has 0 amide bonds. The molecule has 0 bridgehead atoms. The molecule has 1 rings (SSSR count). The summed E-state index contributed by atoms with van der Waals surface area (Å²) in [4.78, 5) is 2.42. The molecule has 0 saturated heterocycles. The molecule has 0 aliphatic heterocycles. The maximum atomic E-state index is 6.30. The van der Waals surface area contributed by atoms with E-state index in [1.54, 1.807) is 7.11 Å². The van der Waals surface area contributed by atoms with Crippen LogP contribution in [-0.4, -0.2) is 43.8 Å². The van der Waals surface area contributed by atoms with E-state index in [4.69, 9.17) is 10.5 Å². The van der Waals surface area contributed by atoms with E-state index in [1.165, 1.54) is 38.5 Å². The van der Waals surface area contributed by atoms with Gasteiger partial charge in [-0.3, -0.25) is 4.90 Å². The normalized spacial score (nSPS) is 29.8. The molecule has 0 aromatic carbocycles. The van der Waals surface area contributed by atoms with Crippen LogP contribution >= 0.6 is 0 Å². The molecule has 0 aromatic heterocycles. The van der Waals surface area contributed by atoms with Gasteiger partial charge in [0.15, 0.2) is 0 Å². The van der Waals surface area contributed by atoms with Gasteiger partial charge in [-0.25, -0.2) is 0 Å². The second-order valence-corrected chi connectivity index (χ2v) is 5.19. The Morgan fingerprint density at radius 2 is 1.88 bits per heavy atom. The van der Waals surface area contributed by atoms with Crippen LogP contribution in [0.15, 0.2) is 0 Å². The Kier molecular flexibility index (Phi) is 6.32. The zero-order chi connectivity index (χ0) is 12.0. The van der Waals surface area contributed by atoms with Crippen molar-refractivity contribution in [2.24, 2.45) is 5.73 Å². The predicted molar refractivity (Wildman–Crippen MR) is 68.6 cm³/mol. The third-order valence-corrected chi connectivity index (χ3v) is 3.91. The van der Waals surface area contributed by atoms with Gasteiger partial charge in [0.2, 0.25) is 0 Å². The Morgan fingerprint density at radius 3 is 2.50 bits per heavy atom. The van der Waals surface area contributed by atoms with Crippen LogP contribution in [0.2, 0.25) is 0 Å². The lowest BCUT2D eigenvalue weighted by atomic mass is 9.91. The van der Waals surface area contributed by atoms with Crippen molar-refractivity contribution in [3.05, 3.63) is 0 Å². The average molecular weight is 228 g/mol. The lowest BCUT2D eigenvalue weighted by Crippen LogP contribution is -2.50. The summed E-state index contributed by atoms with van der Waals surface area (Å²) < 4.78 is 5.22. The van der Waals surface area contributed by atoms with Crippen molar-refractivity contribution in [1.82, 2.24) is 4.90 Å². The molecule has 3 unspecified atom stereocenters. The van der Waals surface area contributed by atoms with Gasteiger partial charge in [0.05, 0.1) is 6.61 Å². The largest absolute Gasteiger partial charge is 0.383 e. The topological polar surface area (TPSA) is 38.5 Å². The van der Waals surface area contributed by atoms with Gasteiger partial charge < -0.3 is 10.5 Å². The van der Waals surface area contributed by atoms with Crippen LogP contribution in [0, 0.1) is 0 Å². The summed E-state index contributed by atoms with van der Waals surface area (Å²) in [5, 5.41) is 0. The number of ether oxygens (including phenoxy) is 1. The zero-order valence-electron chi connectivity index (χ0n) is 11.1. The Hall–Kier alpha value is -0.120. The van der Waals surface area contributed by atoms with Crippen LogP contribution in [0.25, 0.3) is 0 Å². The third-order valence-electron chi connectivity index (χ3n) is 3.91. The van der Waals surface area contributed by atoms with Crippen LogP contribution in [-0.2, 0) is 4.74 Å². The number of methoxy groups -OCH3 is 1. The summed E-state index contributed by atoms with van der Waals surface area (Å²) in [7, 11) is 3.96. The van der Waals surface area contributed by atoms with Crippen LogP contribution in [0.1, 0.15) is 45.4 Å². The first-order chi connectivity index (χ1) is 7.66. The first-order valence-electron chi connectivity index (χ1n) is 6.63. The molecule has 3 nitrogen and oxygen atoms in total. The first kappa shape index (κ1) is 13.9. The quantitative estimate of drug-likeness (QED) is 0.800. The van der Waals surface area contributed by atoms with Crippen molar-refractivity contribution in [1.29, 1.82) is 0 Å². The molecule has 1 aliphatic rings. The van der Waals surface area contributed by atoms with E-state index >= 15 is 0 Å². The van der Waals surface area contributed by atoms with E-state index < -0.39 is 0 Å². The van der Waals surface area contributed by atoms with Crippen molar-refractivity contribution in [3.8, 4) is 0 Å². The molecule has 0 heterocycles. The minimum Gasteiger partial charge on any atom is -0.383 e. The van der Waals surface area contributed by atoms with Crippen molar-refractivity contribution in [2.75, 3.05) is 20.8 Å². The second kappa shape index (κ2) is 7.25. The lowest BCUT2D eigenvalue weighted by molar-refractivity contribution is 0.0725. The highest BCUT2D eigenvalue weighted by molar-refractivity contribution is 4.84. The smallest absolute Gasteiger partial charge is 0.0615 e. The van der Waals surface area contributed by atoms with Crippen LogP contribution in [0.3, 0.4) is 0 Å². The average Bonchev–Trinajstić information content (AvgIpc) is 2.24. The van der Waals surface area contributed by atoms with Gasteiger partial charge in [0.25, 0.3) is 0 Å². The van der Waals surface area contributed by atoms with Gasteiger partial charge in [0, 0.05) is 25.2 Å². The molecule has 1 saturated carbocycles. The minimum atomic E-state index is 0.338. The molecule has 3 heteroatoms. The molecule has 16 heavy (non-hydrogen) atoms. The Labute approximate surface area is 100 Å². The maximum absolute atomic E-state index is 6.30. The van der Waals surface area contributed by atoms with E-state index in [2.05, 4.69) is 18.9 Å². The standard InChI is InChI=1S/C13H28N2O/c1-11(10-16-3)15(2)13-9-7-5-4-6-8-12(13)14/h11-13H,4-10,14H2,1-3H3. The summed E-state index contributed by atoms with van der Waals surface area (Å²) in [5.74, 6) is 0. The molecular formula is C13H28N2O. The summed E-state index contributed by atoms with van der Waals surface area (Å²) in [6.07, 6.45) is 7.76. The van der Waals surface area contributed by atoms with Crippen LogP contribution in [0.4, 0.5) is 0 Å². The molecule has 1 aliphatic carbocycles. The highest BCUT2D eigenvalue weighted by Crippen LogP contribution is 2.21. The van der Waals surface area contributed by atoms with Crippen molar-refractivity contribution in [2.45, 2.75) is 63.6 Å². The van der Waals surface area contributed by atoms with E-state index in [1.807, 2.05) is 0 Å². The highest BCUT2D eigenvalue weighted by Gasteiger charge is 2.25. The summed E-state index contributed by atoms with van der Waals surface area (Å²) in [6.45, 7) is 3.01. The van der Waals surface area contributed by atoms with Gasteiger partial charge in [-0.1, -0.05) is 25.7 Å². The number of hydrogen-bond acceptors (Lipinski definition) is 3. The number of likely N-dealkylation sites (N-methyl/N-ethyl adjacent to an activating group) is 1. The van der Waals surface area contributed by atoms with E-state index in [9.17, 15) is 0 Å². The lowest BCUT2D eigenvalue weighted by Gasteiger charge is -2.37. The van der Waals surface area contributed by atoms with Crippen molar-refractivity contribution < 1.29 is 4.74 Å². The van der Waals surface area contributed by atoms with Gasteiger partial charge in [-0.05, 0) is 26.8 Å². The number of nitrogens with zero attached hydrogens (tertiary/aromatic N) is 1. The fraction of sp³-hybridized carbons (Fsp3) is 1.00. The molecule has 3 atom stereocenters. The first-order valence-corrected chi connectivity index (χ1v) is 6.63. The second-order valence-electron chi connectivity index (χ2n) is 5.19. The monoisotopic (exact) mass is 228 g/mol. The molecule has 2 N–H and O–H groups in total. The Balaban J connectivity index is 2.51. The summed E-state index contributed by atoms with van der Waals surface area (Å²) >= 11 is 0. The number of hydrogen-bond donors (Lipinski definition) is 1. The summed E-state index contributed by atoms with van der Waals surface area (Å²) in [5.41, 5.74) is 6.30. The van der Waals surface area contributed by atoms with Crippen LogP contribution < -0.4 is 5.73 Å². The molecule has 0 radical (unpaired) electrons. The maximum Gasteiger partial charge on any atom is 0.0615 e. The Bertz CT molecular complexity index is 187. The molecule has 1 fully saturated rings. The Morgan fingerprint density at radius 1 is 1.25 bits per heavy atom. The van der Waals surface area contributed by atoms with E-state index in [0.717, 1.165) is 6.61 Å².